The zero-order valence-electron chi connectivity index (χ0n) is 80.6. The van der Waals surface area contributed by atoms with Crippen molar-refractivity contribution in [3.63, 3.8) is 0 Å². The molecule has 0 spiro atoms. The minimum absolute atomic E-state index is 0.660. The van der Waals surface area contributed by atoms with Crippen LogP contribution in [0.1, 0.15) is 0 Å². The number of nitrogens with zero attached hydrogens (tertiary/aromatic N) is 6. The van der Waals surface area contributed by atoms with Crippen molar-refractivity contribution >= 4 is 132 Å². The van der Waals surface area contributed by atoms with E-state index < -0.39 is 0 Å². The number of para-hydroxylation sites is 6. The molecule has 150 heavy (non-hydrogen) atoms. The Balaban J connectivity index is 0.000000112. The molecule has 12 heteroatoms. The molecule has 0 aliphatic carbocycles. The molecule has 0 atom stereocenters. The van der Waals surface area contributed by atoms with Gasteiger partial charge in [0.15, 0.2) is 17.5 Å². The highest BCUT2D eigenvalue weighted by Gasteiger charge is 2.24. The van der Waals surface area contributed by atoms with Crippen molar-refractivity contribution in [1.82, 2.24) is 29.9 Å². The van der Waals surface area contributed by atoms with E-state index in [4.69, 9.17) is 56.4 Å². The van der Waals surface area contributed by atoms with Gasteiger partial charge in [-0.05, 0) is 200 Å². The molecular weight excluding hydrogens is 1840 g/mol. The predicted octanol–water partition coefficient (Wildman–Crippen LogP) is 37.8. The fourth-order valence-electron chi connectivity index (χ4n) is 21.2. The third-order valence-electron chi connectivity index (χ3n) is 28.6. The molecule has 0 aliphatic heterocycles. The third kappa shape index (κ3) is 16.3. The van der Waals surface area contributed by atoms with E-state index in [-0.39, 0.29) is 0 Å². The van der Waals surface area contributed by atoms with Gasteiger partial charge in [-0.25, -0.2) is 29.9 Å². The molecule has 9 aromatic heterocycles. The van der Waals surface area contributed by atoms with Crippen molar-refractivity contribution in [3.8, 4) is 168 Å². The summed E-state index contributed by atoms with van der Waals surface area (Å²) in [5, 5.41) is 13.3. The predicted molar refractivity (Wildman–Crippen MR) is 611 cm³/mol. The van der Waals surface area contributed by atoms with Crippen LogP contribution in [0.25, 0.3) is 300 Å². The van der Waals surface area contributed by atoms with Crippen LogP contribution in [-0.2, 0) is 0 Å². The van der Waals surface area contributed by atoms with E-state index in [0.29, 0.717) is 17.5 Å². The number of furan rings is 6. The normalized spacial score (nSPS) is 11.6. The van der Waals surface area contributed by atoms with Gasteiger partial charge < -0.3 is 26.5 Å². The highest BCUT2D eigenvalue weighted by Crippen LogP contribution is 2.47. The van der Waals surface area contributed by atoms with Crippen LogP contribution >= 0.6 is 0 Å². The number of benzene rings is 21. The highest BCUT2D eigenvalue weighted by molar-refractivity contribution is 6.16. The Morgan fingerprint density at radius 3 is 0.747 bits per heavy atom. The van der Waals surface area contributed by atoms with Crippen molar-refractivity contribution < 1.29 is 26.5 Å². The maximum atomic E-state index is 6.34. The molecule has 30 rings (SSSR count). The Morgan fingerprint density at radius 2 is 0.347 bits per heavy atom. The van der Waals surface area contributed by atoms with Gasteiger partial charge in [-0.15, -0.1) is 0 Å². The molecule has 702 valence electrons. The van der Waals surface area contributed by atoms with Gasteiger partial charge in [-0.3, -0.25) is 0 Å². The largest absolute Gasteiger partial charge is 0.456 e. The van der Waals surface area contributed by atoms with Crippen LogP contribution in [-0.4, -0.2) is 29.9 Å². The number of fused-ring (bicyclic) bond motifs is 18. The summed E-state index contributed by atoms with van der Waals surface area (Å²) in [5.41, 5.74) is 38.1. The molecule has 0 bridgehead atoms. The van der Waals surface area contributed by atoms with Gasteiger partial charge in [0, 0.05) is 115 Å². The zero-order valence-corrected chi connectivity index (χ0v) is 80.6. The molecule has 0 saturated heterocycles. The standard InChI is InChI=1S/C58H34N2O3.C46H28N2O2.C34H22N2O/c1-4-10-52-44(7-1)47-31-41(25-28-55(47)61-52)35-13-19-38(20-14-35)50-34-51(39-21-15-36(16-22-39)42-26-29-56-48(32-42)45-8-2-5-11-53(45)62-56)60-58(59-50)40-23-17-37(18-24-40)43-27-30-57-49(33-43)46-9-3-6-12-54(46)63-57;1-3-13-29(14-4-1)38-28-39(48-46(47-38)30-15-5-2-6-16-30)33-26-31(34-19-11-23-42-44(34)36-17-7-9-21-40(36)49-42)25-32(27-33)35-20-12-24-43-45(35)37-18-8-10-22-41(37)50-43;1-3-11-23(12-4-1)30-22-31(36-34(35-30)24-13-5-2-6-14-24)27-16-8-7-15-26(27)25-19-20-29-28-17-9-10-18-32(28)37-33(29)21-25/h1-34H;1-28H;1-22H. The lowest BCUT2D eigenvalue weighted by Crippen LogP contribution is -1.97. The molecule has 9 heterocycles. The molecule has 30 aromatic rings. The summed E-state index contributed by atoms with van der Waals surface area (Å²) in [4.78, 5) is 30.7. The van der Waals surface area contributed by atoms with Gasteiger partial charge in [0.25, 0.3) is 0 Å². The van der Waals surface area contributed by atoms with Crippen LogP contribution in [0.15, 0.2) is 536 Å². The first-order chi connectivity index (χ1) is 74.2. The average molecular weight is 1920 g/mol. The van der Waals surface area contributed by atoms with E-state index in [1.165, 1.54) is 0 Å². The van der Waals surface area contributed by atoms with Gasteiger partial charge in [-0.1, -0.05) is 376 Å². The van der Waals surface area contributed by atoms with Crippen LogP contribution in [0.5, 0.6) is 0 Å². The molecule has 21 aromatic carbocycles. The number of rotatable bonds is 15. The summed E-state index contributed by atoms with van der Waals surface area (Å²) in [6, 6.07) is 176. The Hall–Kier alpha value is -20.3. The lowest BCUT2D eigenvalue weighted by Gasteiger charge is -2.14. The van der Waals surface area contributed by atoms with E-state index in [1.807, 2.05) is 164 Å². The lowest BCUT2D eigenvalue weighted by molar-refractivity contribution is 0.668. The van der Waals surface area contributed by atoms with Crippen LogP contribution in [0, 0.1) is 0 Å². The topological polar surface area (TPSA) is 156 Å². The highest BCUT2D eigenvalue weighted by atomic mass is 16.3. The van der Waals surface area contributed by atoms with Gasteiger partial charge in [0.05, 0.1) is 34.2 Å². The number of hydrogen-bond donors (Lipinski definition) is 0. The van der Waals surface area contributed by atoms with Crippen molar-refractivity contribution in [2.45, 2.75) is 0 Å². The van der Waals surface area contributed by atoms with Gasteiger partial charge in [0.1, 0.15) is 67.0 Å². The summed E-state index contributed by atoms with van der Waals surface area (Å²) in [7, 11) is 0. The fraction of sp³-hybridized carbons (Fsp3) is 0. The molecule has 0 saturated carbocycles. The maximum absolute atomic E-state index is 6.34. The van der Waals surface area contributed by atoms with E-state index in [2.05, 4.69) is 346 Å². The van der Waals surface area contributed by atoms with E-state index in [0.717, 1.165) is 283 Å². The van der Waals surface area contributed by atoms with E-state index in [1.54, 1.807) is 0 Å². The Kier molecular flexibility index (Phi) is 21.6. The Bertz CT molecular complexity index is 9800. The minimum Gasteiger partial charge on any atom is -0.456 e. The van der Waals surface area contributed by atoms with E-state index >= 15 is 0 Å². The van der Waals surface area contributed by atoms with Crippen LogP contribution in [0.4, 0.5) is 0 Å². The van der Waals surface area contributed by atoms with Gasteiger partial charge >= 0.3 is 0 Å². The number of aromatic nitrogens is 6. The van der Waals surface area contributed by atoms with Crippen molar-refractivity contribution in [1.29, 1.82) is 0 Å². The number of hydrogen-bond acceptors (Lipinski definition) is 12. The van der Waals surface area contributed by atoms with Crippen molar-refractivity contribution in [3.05, 3.63) is 510 Å². The van der Waals surface area contributed by atoms with E-state index in [9.17, 15) is 0 Å². The molecular formula is C138H84N6O6. The fourth-order valence-corrected chi connectivity index (χ4v) is 21.2. The SMILES string of the molecule is c1ccc(-c2cc(-c3cc(-c4cccc5oc6ccccc6c45)cc(-c4cccc5oc6ccccc6c45)c3)nc(-c3ccccc3)n2)cc1.c1ccc(-c2cc(-c3ccccc3-c3ccc4c(c3)oc3ccccc34)nc(-c3ccccc3)n2)cc1.c1ccc2c(c1)oc1ccc(-c3ccc(-c4cc(-c5ccc(-c6ccc7oc8ccccc8c7c6)cc5)nc(-c5ccc(-c6ccc7oc8ccccc8c7c6)cc5)n4)cc3)cc12. The summed E-state index contributed by atoms with van der Waals surface area (Å²) < 4.78 is 37.2. The third-order valence-corrected chi connectivity index (χ3v) is 28.6. The minimum atomic E-state index is 0.660. The molecule has 0 amide bonds. The smallest absolute Gasteiger partial charge is 0.160 e. The molecule has 12 nitrogen and oxygen atoms in total. The Labute approximate surface area is 860 Å². The van der Waals surface area contributed by atoms with Gasteiger partial charge in [0.2, 0.25) is 0 Å². The van der Waals surface area contributed by atoms with Crippen LogP contribution < -0.4 is 0 Å². The second-order valence-corrected chi connectivity index (χ2v) is 37.7. The first-order valence-corrected chi connectivity index (χ1v) is 50.2. The second-order valence-electron chi connectivity index (χ2n) is 37.7. The van der Waals surface area contributed by atoms with Crippen molar-refractivity contribution in [2.24, 2.45) is 0 Å². The maximum Gasteiger partial charge on any atom is 0.160 e. The second kappa shape index (κ2) is 37.1. The lowest BCUT2D eigenvalue weighted by atomic mass is 9.91. The molecule has 0 N–H and O–H groups in total. The Morgan fingerprint density at radius 1 is 0.107 bits per heavy atom. The summed E-state index contributed by atoms with van der Waals surface area (Å²) in [6.45, 7) is 0. The summed E-state index contributed by atoms with van der Waals surface area (Å²) in [5.74, 6) is 2.05. The average Bonchev–Trinajstić information content (AvgIpc) is 1.47. The molecule has 0 radical (unpaired) electrons. The van der Waals surface area contributed by atoms with Crippen LogP contribution in [0.2, 0.25) is 0 Å². The summed E-state index contributed by atoms with van der Waals surface area (Å²) >= 11 is 0. The first-order valence-electron chi connectivity index (χ1n) is 50.2. The quantitative estimate of drug-likeness (QED) is 0.0959. The van der Waals surface area contributed by atoms with Gasteiger partial charge in [-0.2, -0.15) is 0 Å². The van der Waals surface area contributed by atoms with Crippen LogP contribution in [0.3, 0.4) is 0 Å². The monoisotopic (exact) mass is 1920 g/mol. The molecule has 0 fully saturated rings. The van der Waals surface area contributed by atoms with Crippen molar-refractivity contribution in [2.75, 3.05) is 0 Å². The zero-order chi connectivity index (χ0) is 99.1. The summed E-state index contributed by atoms with van der Waals surface area (Å²) in [6.07, 6.45) is 0. The molecule has 0 aliphatic rings. The molecule has 0 unspecified atom stereocenters. The first kappa shape index (κ1) is 87.5.